The molecule has 0 spiro atoms. The van der Waals surface area contributed by atoms with E-state index >= 15 is 0 Å². The number of nitrogens with zero attached hydrogens (tertiary/aromatic N) is 1. The van der Waals surface area contributed by atoms with Crippen LogP contribution in [0.1, 0.15) is 5.56 Å². The van der Waals surface area contributed by atoms with Gasteiger partial charge in [0.2, 0.25) is 0 Å². The Kier molecular flexibility index (Phi) is 4.73. The average Bonchev–Trinajstić information content (AvgIpc) is 2.62. The molecule has 0 atom stereocenters. The van der Waals surface area contributed by atoms with Gasteiger partial charge in [0.25, 0.3) is 5.69 Å². The van der Waals surface area contributed by atoms with Crippen LogP contribution < -0.4 is 4.18 Å². The van der Waals surface area contributed by atoms with Crippen molar-refractivity contribution in [1.82, 2.24) is 0 Å². The van der Waals surface area contributed by atoms with Crippen molar-refractivity contribution < 1.29 is 17.5 Å². The van der Waals surface area contributed by atoms with E-state index in [9.17, 15) is 18.5 Å². The second-order valence-electron chi connectivity index (χ2n) is 5.56. The largest absolute Gasteiger partial charge is 0.378 e. The van der Waals surface area contributed by atoms with Crippen molar-refractivity contribution in [2.24, 2.45) is 0 Å². The minimum atomic E-state index is -4.23. The Bertz CT molecular complexity index is 1060. The molecular weight excluding hydrogens is 354 g/mol. The minimum Gasteiger partial charge on any atom is -0.378 e. The quantitative estimate of drug-likeness (QED) is 0.379. The Labute approximate surface area is 151 Å². The zero-order valence-corrected chi connectivity index (χ0v) is 14.6. The molecule has 0 fully saturated rings. The van der Waals surface area contributed by atoms with E-state index in [-0.39, 0.29) is 21.9 Å². The molecule has 26 heavy (non-hydrogen) atoms. The van der Waals surface area contributed by atoms with Crippen molar-refractivity contribution in [3.63, 3.8) is 0 Å². The Morgan fingerprint density at radius 2 is 1.54 bits per heavy atom. The molecule has 0 unspecified atom stereocenters. The molecular formula is C19H15NO5S. The summed E-state index contributed by atoms with van der Waals surface area (Å²) >= 11 is 0. The maximum Gasteiger partial charge on any atom is 0.339 e. The molecule has 6 nitrogen and oxygen atoms in total. The first-order valence-electron chi connectivity index (χ1n) is 7.73. The van der Waals surface area contributed by atoms with Crippen LogP contribution in [0.2, 0.25) is 0 Å². The number of nitro groups is 1. The zero-order valence-electron chi connectivity index (χ0n) is 13.8. The minimum absolute atomic E-state index is 0.0368. The van der Waals surface area contributed by atoms with Crippen LogP contribution in [0.3, 0.4) is 0 Å². The van der Waals surface area contributed by atoms with Crippen LogP contribution >= 0.6 is 0 Å². The van der Waals surface area contributed by atoms with Gasteiger partial charge in [-0.3, -0.25) is 10.1 Å². The second-order valence-corrected chi connectivity index (χ2v) is 7.07. The number of hydrogen-bond acceptors (Lipinski definition) is 5. The predicted octanol–water partition coefficient (Wildman–Crippen LogP) is 4.34. The molecule has 3 aromatic rings. The lowest BCUT2D eigenvalue weighted by molar-refractivity contribution is -0.385. The maximum atomic E-state index is 12.7. The first kappa shape index (κ1) is 17.6. The molecule has 0 aliphatic heterocycles. The van der Waals surface area contributed by atoms with E-state index in [1.165, 1.54) is 25.1 Å². The molecule has 0 saturated heterocycles. The molecule has 0 amide bonds. The van der Waals surface area contributed by atoms with Crippen molar-refractivity contribution >= 4 is 15.8 Å². The van der Waals surface area contributed by atoms with E-state index in [2.05, 4.69) is 0 Å². The number of rotatable bonds is 5. The third-order valence-electron chi connectivity index (χ3n) is 3.89. The van der Waals surface area contributed by atoms with Crippen LogP contribution in [0.15, 0.2) is 77.7 Å². The van der Waals surface area contributed by atoms with Crippen LogP contribution in [0, 0.1) is 17.0 Å². The first-order chi connectivity index (χ1) is 12.4. The fraction of sp³-hybridized carbons (Fsp3) is 0.0526. The highest BCUT2D eigenvalue weighted by atomic mass is 32.2. The van der Waals surface area contributed by atoms with Gasteiger partial charge in [-0.1, -0.05) is 54.6 Å². The molecule has 132 valence electrons. The summed E-state index contributed by atoms with van der Waals surface area (Å²) in [6.07, 6.45) is 0. The Morgan fingerprint density at radius 3 is 2.23 bits per heavy atom. The highest BCUT2D eigenvalue weighted by Gasteiger charge is 2.25. The molecule has 0 radical (unpaired) electrons. The molecule has 0 heterocycles. The summed E-state index contributed by atoms with van der Waals surface area (Å²) in [5.41, 5.74) is 1.18. The molecule has 0 aliphatic carbocycles. The van der Waals surface area contributed by atoms with Crippen molar-refractivity contribution in [3.8, 4) is 16.9 Å². The van der Waals surface area contributed by atoms with Crippen molar-refractivity contribution in [2.45, 2.75) is 11.8 Å². The molecule has 0 bridgehead atoms. The number of nitro benzene ring substituents is 1. The van der Waals surface area contributed by atoms with Gasteiger partial charge in [0, 0.05) is 17.2 Å². The van der Waals surface area contributed by atoms with Gasteiger partial charge >= 0.3 is 10.1 Å². The van der Waals surface area contributed by atoms with Crippen LogP contribution in [-0.4, -0.2) is 13.3 Å². The van der Waals surface area contributed by atoms with Crippen LogP contribution in [-0.2, 0) is 10.1 Å². The standard InChI is InChI=1S/C19H15NO5S/c1-14-17(20(21)22)11-7-13-19(14)26(23,24)25-18-12-6-5-10-16(18)15-8-3-2-4-9-15/h2-13H,1H3. The molecule has 0 aromatic heterocycles. The third-order valence-corrected chi connectivity index (χ3v) is 5.27. The van der Waals surface area contributed by atoms with E-state index in [0.717, 1.165) is 5.56 Å². The molecule has 0 aliphatic rings. The smallest absolute Gasteiger partial charge is 0.339 e. The summed E-state index contributed by atoms with van der Waals surface area (Å²) in [6, 6.07) is 19.8. The van der Waals surface area contributed by atoms with Gasteiger partial charge in [0.1, 0.15) is 4.90 Å². The third kappa shape index (κ3) is 3.43. The number of hydrogen-bond donors (Lipinski definition) is 0. The van der Waals surface area contributed by atoms with Crippen molar-refractivity contribution in [1.29, 1.82) is 0 Å². The summed E-state index contributed by atoms with van der Waals surface area (Å²) in [7, 11) is -4.23. The lowest BCUT2D eigenvalue weighted by atomic mass is 10.1. The van der Waals surface area contributed by atoms with E-state index in [1.54, 1.807) is 24.3 Å². The Hall–Kier alpha value is -3.19. The fourth-order valence-corrected chi connectivity index (χ4v) is 3.83. The van der Waals surface area contributed by atoms with Gasteiger partial charge in [0.15, 0.2) is 5.75 Å². The summed E-state index contributed by atoms with van der Waals surface area (Å²) in [5.74, 6) is 0.157. The fourth-order valence-electron chi connectivity index (χ4n) is 2.63. The highest BCUT2D eigenvalue weighted by Crippen LogP contribution is 2.33. The van der Waals surface area contributed by atoms with Crippen molar-refractivity contribution in [2.75, 3.05) is 0 Å². The molecule has 7 heteroatoms. The van der Waals surface area contributed by atoms with E-state index in [1.807, 2.05) is 30.3 Å². The topological polar surface area (TPSA) is 86.5 Å². The first-order valence-corrected chi connectivity index (χ1v) is 9.14. The lowest BCUT2D eigenvalue weighted by Gasteiger charge is -2.13. The SMILES string of the molecule is Cc1c([N+](=O)[O-])cccc1S(=O)(=O)Oc1ccccc1-c1ccccc1. The van der Waals surface area contributed by atoms with Gasteiger partial charge in [-0.15, -0.1) is 0 Å². The van der Waals surface area contributed by atoms with Crippen LogP contribution in [0.4, 0.5) is 5.69 Å². The number of para-hydroxylation sites is 1. The van der Waals surface area contributed by atoms with E-state index in [4.69, 9.17) is 4.18 Å². The van der Waals surface area contributed by atoms with Gasteiger partial charge in [0.05, 0.1) is 4.92 Å². The van der Waals surface area contributed by atoms with E-state index in [0.29, 0.717) is 5.56 Å². The average molecular weight is 369 g/mol. The van der Waals surface area contributed by atoms with Crippen LogP contribution in [0.5, 0.6) is 5.75 Å². The molecule has 0 N–H and O–H groups in total. The van der Waals surface area contributed by atoms with Gasteiger partial charge in [-0.05, 0) is 24.6 Å². The molecule has 3 aromatic carbocycles. The number of benzene rings is 3. The van der Waals surface area contributed by atoms with Crippen molar-refractivity contribution in [3.05, 3.63) is 88.5 Å². The summed E-state index contributed by atoms with van der Waals surface area (Å²) in [6.45, 7) is 1.39. The second kappa shape index (κ2) is 6.97. The van der Waals surface area contributed by atoms with Gasteiger partial charge < -0.3 is 4.18 Å². The lowest BCUT2D eigenvalue weighted by Crippen LogP contribution is -2.12. The molecule has 0 saturated carbocycles. The Morgan fingerprint density at radius 1 is 0.885 bits per heavy atom. The van der Waals surface area contributed by atoms with Gasteiger partial charge in [-0.25, -0.2) is 0 Å². The monoisotopic (exact) mass is 369 g/mol. The summed E-state index contributed by atoms with van der Waals surface area (Å²) in [4.78, 5) is 10.2. The Balaban J connectivity index is 2.05. The highest BCUT2D eigenvalue weighted by molar-refractivity contribution is 7.87. The zero-order chi connectivity index (χ0) is 18.7. The van der Waals surface area contributed by atoms with Crippen LogP contribution in [0.25, 0.3) is 11.1 Å². The predicted molar refractivity (Wildman–Crippen MR) is 97.5 cm³/mol. The summed E-state index contributed by atoms with van der Waals surface area (Å²) in [5, 5.41) is 11.1. The normalized spacial score (nSPS) is 11.1. The molecule has 3 rings (SSSR count). The summed E-state index contributed by atoms with van der Waals surface area (Å²) < 4.78 is 30.8. The maximum absolute atomic E-state index is 12.7. The van der Waals surface area contributed by atoms with E-state index < -0.39 is 15.0 Å². The van der Waals surface area contributed by atoms with Gasteiger partial charge in [-0.2, -0.15) is 8.42 Å².